The third-order valence-electron chi connectivity index (χ3n) is 2.60. The van der Waals surface area contributed by atoms with Gasteiger partial charge in [-0.1, -0.05) is 0 Å². The summed E-state index contributed by atoms with van der Waals surface area (Å²) in [5.74, 6) is -1.13. The highest BCUT2D eigenvalue weighted by Gasteiger charge is 2.23. The van der Waals surface area contributed by atoms with E-state index in [-0.39, 0.29) is 6.04 Å². The third-order valence-corrected chi connectivity index (χ3v) is 2.60. The van der Waals surface area contributed by atoms with E-state index in [1.165, 1.54) is 10.9 Å². The lowest BCUT2D eigenvalue weighted by atomic mass is 10.1. The van der Waals surface area contributed by atoms with Gasteiger partial charge in [0.05, 0.1) is 6.20 Å². The molecule has 2 atom stereocenters. The van der Waals surface area contributed by atoms with Crippen molar-refractivity contribution < 1.29 is 14.7 Å². The van der Waals surface area contributed by atoms with E-state index >= 15 is 0 Å². The summed E-state index contributed by atoms with van der Waals surface area (Å²) in [7, 11) is 5.47. The van der Waals surface area contributed by atoms with E-state index in [2.05, 4.69) is 15.7 Å². The molecule has 0 aliphatic heterocycles. The summed E-state index contributed by atoms with van der Waals surface area (Å²) in [6.45, 7) is 2.51. The molecule has 20 heavy (non-hydrogen) atoms. The Labute approximate surface area is 117 Å². The second-order valence-electron chi connectivity index (χ2n) is 5.00. The van der Waals surface area contributed by atoms with Gasteiger partial charge in [-0.2, -0.15) is 5.10 Å². The first-order valence-electron chi connectivity index (χ1n) is 6.22. The van der Waals surface area contributed by atoms with Crippen LogP contribution in [0.2, 0.25) is 0 Å². The van der Waals surface area contributed by atoms with Gasteiger partial charge in [-0.15, -0.1) is 0 Å². The number of hydrogen-bond donors (Lipinski definition) is 3. The zero-order chi connectivity index (χ0) is 15.3. The summed E-state index contributed by atoms with van der Waals surface area (Å²) in [5.41, 5.74) is 0.426. The molecule has 1 rings (SSSR count). The molecule has 0 radical (unpaired) electrons. The zero-order valence-electron chi connectivity index (χ0n) is 12.1. The summed E-state index contributed by atoms with van der Waals surface area (Å²) in [5, 5.41) is 18.2. The number of nitrogens with zero attached hydrogens (tertiary/aromatic N) is 3. The minimum absolute atomic E-state index is 0.0895. The van der Waals surface area contributed by atoms with Crippen molar-refractivity contribution in [1.82, 2.24) is 25.3 Å². The van der Waals surface area contributed by atoms with Crippen LogP contribution in [0.3, 0.4) is 0 Å². The van der Waals surface area contributed by atoms with Crippen molar-refractivity contribution in [2.45, 2.75) is 19.0 Å². The van der Waals surface area contributed by atoms with Gasteiger partial charge in [-0.05, 0) is 21.0 Å². The van der Waals surface area contributed by atoms with Crippen LogP contribution in [0.15, 0.2) is 12.4 Å². The highest BCUT2D eigenvalue weighted by molar-refractivity contribution is 5.83. The molecule has 2 amide bonds. The summed E-state index contributed by atoms with van der Waals surface area (Å²) >= 11 is 0. The number of carboxylic acids is 1. The lowest BCUT2D eigenvalue weighted by Crippen LogP contribution is -2.47. The standard InChI is InChI=1S/C12H21N5O3/c1-8(6-16(2)3)14-12(20)15-10(11(18)19)9-5-13-17(4)7-9/h5,7-8,10H,6H2,1-4H3,(H,18,19)(H2,14,15,20). The largest absolute Gasteiger partial charge is 0.479 e. The number of aromatic nitrogens is 2. The topological polar surface area (TPSA) is 99.5 Å². The number of rotatable bonds is 6. The number of aryl methyl sites for hydroxylation is 1. The van der Waals surface area contributed by atoms with Crippen molar-refractivity contribution >= 4 is 12.0 Å². The summed E-state index contributed by atoms with van der Waals surface area (Å²) in [6.07, 6.45) is 2.98. The second kappa shape index (κ2) is 6.90. The van der Waals surface area contributed by atoms with Gasteiger partial charge in [-0.25, -0.2) is 9.59 Å². The Kier molecular flexibility index (Phi) is 5.51. The molecule has 0 saturated heterocycles. The number of aliphatic carboxylic acids is 1. The van der Waals surface area contributed by atoms with Crippen molar-refractivity contribution in [2.24, 2.45) is 7.05 Å². The predicted octanol–water partition coefficient (Wildman–Crippen LogP) is -0.205. The molecule has 0 aliphatic carbocycles. The molecule has 1 aromatic rings. The summed E-state index contributed by atoms with van der Waals surface area (Å²) < 4.78 is 1.49. The van der Waals surface area contributed by atoms with Crippen molar-refractivity contribution in [3.05, 3.63) is 18.0 Å². The Bertz CT molecular complexity index is 471. The van der Waals surface area contributed by atoms with Gasteiger partial charge in [0.15, 0.2) is 6.04 Å². The number of urea groups is 1. The highest BCUT2D eigenvalue weighted by atomic mass is 16.4. The SMILES string of the molecule is CC(CN(C)C)NC(=O)NC(C(=O)O)c1cnn(C)c1. The molecule has 0 fully saturated rings. The van der Waals surface area contributed by atoms with Crippen LogP contribution >= 0.6 is 0 Å². The lowest BCUT2D eigenvalue weighted by Gasteiger charge is -2.20. The first-order chi connectivity index (χ1) is 9.29. The summed E-state index contributed by atoms with van der Waals surface area (Å²) in [6, 6.07) is -1.72. The van der Waals surface area contributed by atoms with Crippen LogP contribution in [0.4, 0.5) is 4.79 Å². The second-order valence-corrected chi connectivity index (χ2v) is 5.00. The molecule has 0 bridgehead atoms. The van der Waals surface area contributed by atoms with Crippen LogP contribution in [-0.4, -0.2) is 58.5 Å². The molecule has 0 spiro atoms. The molecule has 112 valence electrons. The molecule has 1 heterocycles. The fraction of sp³-hybridized carbons (Fsp3) is 0.583. The van der Waals surface area contributed by atoms with E-state index in [1.807, 2.05) is 25.9 Å². The van der Waals surface area contributed by atoms with Gasteiger partial charge in [0.1, 0.15) is 0 Å². The molecular weight excluding hydrogens is 262 g/mol. The smallest absolute Gasteiger partial charge is 0.331 e. The van der Waals surface area contributed by atoms with E-state index in [4.69, 9.17) is 0 Å². The minimum atomic E-state index is -1.13. The van der Waals surface area contributed by atoms with E-state index in [1.54, 1.807) is 13.2 Å². The quantitative estimate of drug-likeness (QED) is 0.671. The Balaban J connectivity index is 2.63. The Morgan fingerprint density at radius 1 is 1.45 bits per heavy atom. The molecule has 1 aromatic heterocycles. The average Bonchev–Trinajstić information content (AvgIpc) is 2.70. The van der Waals surface area contributed by atoms with Crippen LogP contribution in [0, 0.1) is 0 Å². The van der Waals surface area contributed by atoms with E-state index in [0.717, 1.165) is 0 Å². The molecule has 8 nitrogen and oxygen atoms in total. The number of carbonyl (C=O) groups excluding carboxylic acids is 1. The van der Waals surface area contributed by atoms with E-state index < -0.39 is 18.0 Å². The van der Waals surface area contributed by atoms with Crippen molar-refractivity contribution in [3.8, 4) is 0 Å². The minimum Gasteiger partial charge on any atom is -0.479 e. The van der Waals surface area contributed by atoms with E-state index in [9.17, 15) is 14.7 Å². The maximum Gasteiger partial charge on any atom is 0.331 e. The molecule has 3 N–H and O–H groups in total. The lowest BCUT2D eigenvalue weighted by molar-refractivity contribution is -0.139. The predicted molar refractivity (Wildman–Crippen MR) is 73.3 cm³/mol. The van der Waals surface area contributed by atoms with Crippen molar-refractivity contribution in [2.75, 3.05) is 20.6 Å². The van der Waals surface area contributed by atoms with Crippen molar-refractivity contribution in [3.63, 3.8) is 0 Å². The highest BCUT2D eigenvalue weighted by Crippen LogP contribution is 2.11. The monoisotopic (exact) mass is 283 g/mol. The van der Waals surface area contributed by atoms with Gasteiger partial charge >= 0.3 is 12.0 Å². The van der Waals surface area contributed by atoms with Gasteiger partial charge in [0.25, 0.3) is 0 Å². The molecule has 2 unspecified atom stereocenters. The first-order valence-corrected chi connectivity index (χ1v) is 6.22. The number of amides is 2. The number of likely N-dealkylation sites (N-methyl/N-ethyl adjacent to an activating group) is 1. The average molecular weight is 283 g/mol. The van der Waals surface area contributed by atoms with E-state index in [0.29, 0.717) is 12.1 Å². The van der Waals surface area contributed by atoms with Crippen molar-refractivity contribution in [1.29, 1.82) is 0 Å². The van der Waals surface area contributed by atoms with Crippen LogP contribution in [0.25, 0.3) is 0 Å². The molecule has 0 aromatic carbocycles. The molecule has 0 saturated carbocycles. The summed E-state index contributed by atoms with van der Waals surface area (Å²) in [4.78, 5) is 25.0. The number of nitrogens with one attached hydrogen (secondary N) is 2. The third kappa shape index (κ3) is 4.88. The van der Waals surface area contributed by atoms with Gasteiger partial charge < -0.3 is 20.6 Å². The maximum absolute atomic E-state index is 11.8. The van der Waals surface area contributed by atoms with Crippen LogP contribution in [0.1, 0.15) is 18.5 Å². The Morgan fingerprint density at radius 3 is 2.55 bits per heavy atom. The maximum atomic E-state index is 11.8. The van der Waals surface area contributed by atoms with Gasteiger partial charge in [0, 0.05) is 31.4 Å². The van der Waals surface area contributed by atoms with Crippen LogP contribution in [0.5, 0.6) is 0 Å². The molecule has 0 aliphatic rings. The first kappa shape index (κ1) is 16.0. The van der Waals surface area contributed by atoms with Gasteiger partial charge in [-0.3, -0.25) is 4.68 Å². The fourth-order valence-electron chi connectivity index (χ4n) is 1.87. The molecule has 8 heteroatoms. The van der Waals surface area contributed by atoms with Crippen LogP contribution < -0.4 is 10.6 Å². The normalized spacial score (nSPS) is 13.8. The molecular formula is C12H21N5O3. The number of carbonyl (C=O) groups is 2. The number of carboxylic acid groups (broad SMARTS) is 1. The fourth-order valence-corrected chi connectivity index (χ4v) is 1.87. The zero-order valence-corrected chi connectivity index (χ0v) is 12.1. The van der Waals surface area contributed by atoms with Gasteiger partial charge in [0.2, 0.25) is 0 Å². The Hall–Kier alpha value is -2.09. The number of hydrogen-bond acceptors (Lipinski definition) is 4. The Morgan fingerprint density at radius 2 is 2.10 bits per heavy atom. The van der Waals surface area contributed by atoms with Crippen LogP contribution in [-0.2, 0) is 11.8 Å².